The summed E-state index contributed by atoms with van der Waals surface area (Å²) in [5.41, 5.74) is 1.35. The molecule has 0 nitrogen and oxygen atoms in total. The van der Waals surface area contributed by atoms with Gasteiger partial charge in [-0.1, -0.05) is 0 Å². The molecule has 0 radical (unpaired) electrons. The van der Waals surface area contributed by atoms with Gasteiger partial charge in [-0.25, -0.2) is 0 Å². The Morgan fingerprint density at radius 2 is 1.85 bits per heavy atom. The molecule has 0 aliphatic heterocycles. The maximum absolute atomic E-state index is 5.81. The van der Waals surface area contributed by atoms with Crippen molar-refractivity contribution < 1.29 is 0 Å². The van der Waals surface area contributed by atoms with Gasteiger partial charge in [-0.15, -0.1) is 0 Å². The fourth-order valence-electron chi connectivity index (χ4n) is 1.22. The van der Waals surface area contributed by atoms with E-state index in [0.717, 1.165) is 11.4 Å². The van der Waals surface area contributed by atoms with E-state index in [9.17, 15) is 0 Å². The summed E-state index contributed by atoms with van der Waals surface area (Å²) in [4.78, 5) is 2.25. The van der Waals surface area contributed by atoms with Crippen LogP contribution in [0.3, 0.4) is 0 Å². The molecule has 0 aliphatic rings. The third kappa shape index (κ3) is 2.47. The molecule has 0 saturated heterocycles. The first-order chi connectivity index (χ1) is 6.34. The van der Waals surface area contributed by atoms with E-state index in [0.29, 0.717) is 14.5 Å². The zero-order chi connectivity index (χ0) is 9.10. The van der Waals surface area contributed by atoms with Gasteiger partial charge in [0.1, 0.15) is 0 Å². The Labute approximate surface area is 88.9 Å². The molecule has 2 rings (SSSR count). The molecule has 0 amide bonds. The zero-order valence-corrected chi connectivity index (χ0v) is 9.50. The standard InChI is InChI=1S/C11H9ClSe/c12-10-5-3-9(4-6-10)8-11-2-1-7-13-11/h1-7H,8H2. The summed E-state index contributed by atoms with van der Waals surface area (Å²) in [5.74, 6) is 0. The van der Waals surface area contributed by atoms with E-state index in [2.05, 4.69) is 29.2 Å². The van der Waals surface area contributed by atoms with Gasteiger partial charge in [-0.3, -0.25) is 0 Å². The average molecular weight is 256 g/mol. The number of rotatable bonds is 2. The van der Waals surface area contributed by atoms with Gasteiger partial charge in [0, 0.05) is 0 Å². The Hall–Kier alpha value is -0.491. The first-order valence-electron chi connectivity index (χ1n) is 4.11. The predicted octanol–water partition coefficient (Wildman–Crippen LogP) is 2.99. The second kappa shape index (κ2) is 4.15. The van der Waals surface area contributed by atoms with Crippen LogP contribution in [-0.4, -0.2) is 14.5 Å². The fraction of sp³-hybridized carbons (Fsp3) is 0.0909. The van der Waals surface area contributed by atoms with Crippen molar-refractivity contribution in [3.8, 4) is 0 Å². The summed E-state index contributed by atoms with van der Waals surface area (Å²) >= 11 is 6.39. The Bertz CT molecular complexity index is 361. The predicted molar refractivity (Wildman–Crippen MR) is 57.6 cm³/mol. The van der Waals surface area contributed by atoms with E-state index in [1.54, 1.807) is 0 Å². The molecular formula is C11H9ClSe. The van der Waals surface area contributed by atoms with Crippen LogP contribution in [0.4, 0.5) is 0 Å². The number of benzene rings is 1. The molecule has 0 spiro atoms. The van der Waals surface area contributed by atoms with E-state index >= 15 is 0 Å². The Balaban J connectivity index is 2.15. The van der Waals surface area contributed by atoms with Gasteiger partial charge in [-0.2, -0.15) is 0 Å². The van der Waals surface area contributed by atoms with Gasteiger partial charge >= 0.3 is 88.9 Å². The first kappa shape index (κ1) is 9.08. The van der Waals surface area contributed by atoms with Crippen LogP contribution in [0, 0.1) is 0 Å². The van der Waals surface area contributed by atoms with Crippen LogP contribution >= 0.6 is 11.6 Å². The second-order valence-corrected chi connectivity index (χ2v) is 5.48. The Morgan fingerprint density at radius 1 is 1.08 bits per heavy atom. The minimum absolute atomic E-state index is 0.583. The zero-order valence-electron chi connectivity index (χ0n) is 7.03. The van der Waals surface area contributed by atoms with Crippen LogP contribution in [0.15, 0.2) is 41.3 Å². The van der Waals surface area contributed by atoms with Crippen LogP contribution in [0.1, 0.15) is 10.0 Å². The van der Waals surface area contributed by atoms with Crippen molar-refractivity contribution in [1.29, 1.82) is 0 Å². The summed E-state index contributed by atoms with van der Waals surface area (Å²) in [7, 11) is 0. The summed E-state index contributed by atoms with van der Waals surface area (Å²) in [6.07, 6.45) is 1.07. The third-order valence-electron chi connectivity index (χ3n) is 1.87. The van der Waals surface area contributed by atoms with Crippen LogP contribution in [0.5, 0.6) is 0 Å². The Morgan fingerprint density at radius 3 is 2.46 bits per heavy atom. The second-order valence-electron chi connectivity index (χ2n) is 2.88. The number of hydrogen-bond donors (Lipinski definition) is 0. The molecule has 0 atom stereocenters. The molecule has 0 bridgehead atoms. The molecule has 1 aromatic heterocycles. The topological polar surface area (TPSA) is 0 Å². The molecule has 2 heteroatoms. The van der Waals surface area contributed by atoms with Crippen molar-refractivity contribution in [2.45, 2.75) is 6.42 Å². The number of hydrogen-bond acceptors (Lipinski definition) is 0. The third-order valence-corrected chi connectivity index (χ3v) is 3.96. The van der Waals surface area contributed by atoms with Crippen molar-refractivity contribution >= 4 is 26.1 Å². The molecule has 1 heterocycles. The van der Waals surface area contributed by atoms with Gasteiger partial charge < -0.3 is 0 Å². The van der Waals surface area contributed by atoms with Crippen molar-refractivity contribution in [3.63, 3.8) is 0 Å². The quantitative estimate of drug-likeness (QED) is 0.724. The van der Waals surface area contributed by atoms with Gasteiger partial charge in [0.2, 0.25) is 0 Å². The maximum atomic E-state index is 5.81. The molecule has 0 aliphatic carbocycles. The van der Waals surface area contributed by atoms with Crippen LogP contribution < -0.4 is 0 Å². The summed E-state index contributed by atoms with van der Waals surface area (Å²) < 4.78 is 1.54. The molecular weight excluding hydrogens is 247 g/mol. The van der Waals surface area contributed by atoms with Gasteiger partial charge in [0.15, 0.2) is 0 Å². The van der Waals surface area contributed by atoms with Gasteiger partial charge in [0.25, 0.3) is 0 Å². The normalized spacial score (nSPS) is 10.2. The molecule has 0 unspecified atom stereocenters. The van der Waals surface area contributed by atoms with E-state index in [1.165, 1.54) is 10.0 Å². The molecule has 0 N–H and O–H groups in total. The van der Waals surface area contributed by atoms with E-state index < -0.39 is 0 Å². The average Bonchev–Trinajstić information content (AvgIpc) is 2.62. The molecule has 0 saturated carbocycles. The molecule has 0 fully saturated rings. The van der Waals surface area contributed by atoms with Crippen LogP contribution in [0.25, 0.3) is 0 Å². The van der Waals surface area contributed by atoms with Crippen molar-refractivity contribution in [2.24, 2.45) is 0 Å². The van der Waals surface area contributed by atoms with Gasteiger partial charge in [-0.05, 0) is 0 Å². The molecule has 66 valence electrons. The SMILES string of the molecule is Clc1ccc(Cc2ccc[se]2)cc1. The fourth-order valence-corrected chi connectivity index (χ4v) is 2.89. The van der Waals surface area contributed by atoms with Crippen LogP contribution in [-0.2, 0) is 6.42 Å². The van der Waals surface area contributed by atoms with Gasteiger partial charge in [0.05, 0.1) is 0 Å². The molecule has 13 heavy (non-hydrogen) atoms. The molecule has 1 aromatic carbocycles. The first-order valence-corrected chi connectivity index (χ1v) is 6.34. The summed E-state index contributed by atoms with van der Waals surface area (Å²) in [5, 5.41) is 0.813. The van der Waals surface area contributed by atoms with E-state index in [1.807, 2.05) is 12.1 Å². The van der Waals surface area contributed by atoms with Crippen molar-refractivity contribution in [1.82, 2.24) is 0 Å². The monoisotopic (exact) mass is 256 g/mol. The minimum atomic E-state index is 0.583. The van der Waals surface area contributed by atoms with E-state index in [-0.39, 0.29) is 0 Å². The van der Waals surface area contributed by atoms with E-state index in [4.69, 9.17) is 11.6 Å². The van der Waals surface area contributed by atoms with Crippen molar-refractivity contribution in [3.05, 3.63) is 56.4 Å². The summed E-state index contributed by atoms with van der Waals surface area (Å²) in [6, 6.07) is 12.5. The summed E-state index contributed by atoms with van der Waals surface area (Å²) in [6.45, 7) is 0. The molecule has 2 aromatic rings. The van der Waals surface area contributed by atoms with Crippen LogP contribution in [0.2, 0.25) is 5.02 Å². The Kier molecular flexibility index (Phi) is 2.90. The van der Waals surface area contributed by atoms with Crippen molar-refractivity contribution in [2.75, 3.05) is 0 Å². The number of halogens is 1.